The first-order chi connectivity index (χ1) is 17.6. The zero-order valence-corrected chi connectivity index (χ0v) is 22.3. The Bertz CT molecular complexity index is 1370. The molecule has 6 nitrogen and oxygen atoms in total. The minimum Gasteiger partial charge on any atom is -0.507 e. The number of Topliss-reactive ketones (excluding diaryl/α,β-unsaturated/α-hetero) is 1. The van der Waals surface area contributed by atoms with Gasteiger partial charge in [0.15, 0.2) is 0 Å². The van der Waals surface area contributed by atoms with E-state index in [1.54, 1.807) is 31.4 Å². The van der Waals surface area contributed by atoms with Gasteiger partial charge in [0.1, 0.15) is 17.3 Å². The van der Waals surface area contributed by atoms with Crippen LogP contribution in [0.1, 0.15) is 49.1 Å². The van der Waals surface area contributed by atoms with E-state index >= 15 is 0 Å². The van der Waals surface area contributed by atoms with E-state index in [2.05, 4.69) is 20.8 Å². The molecule has 0 saturated carbocycles. The number of halogens is 1. The number of para-hydroxylation sites is 1. The summed E-state index contributed by atoms with van der Waals surface area (Å²) in [6, 6.07) is 19.0. The number of hydrogen-bond acceptors (Lipinski definition) is 5. The Labute approximate surface area is 222 Å². The number of benzene rings is 3. The largest absolute Gasteiger partial charge is 0.507 e. The van der Waals surface area contributed by atoms with E-state index < -0.39 is 17.7 Å². The molecule has 0 bridgehead atoms. The fourth-order valence-corrected chi connectivity index (χ4v) is 4.73. The van der Waals surface area contributed by atoms with Crippen molar-refractivity contribution in [1.82, 2.24) is 4.90 Å². The fourth-order valence-electron chi connectivity index (χ4n) is 4.53. The first-order valence-corrected chi connectivity index (χ1v) is 12.3. The van der Waals surface area contributed by atoms with Crippen molar-refractivity contribution < 1.29 is 24.2 Å². The highest BCUT2D eigenvalue weighted by Crippen LogP contribution is 2.42. The predicted molar refractivity (Wildman–Crippen MR) is 144 cm³/mol. The first-order valence-electron chi connectivity index (χ1n) is 11.9. The normalized spacial score (nSPS) is 17.2. The molecule has 1 saturated heterocycles. The second-order valence-electron chi connectivity index (χ2n) is 9.96. The van der Waals surface area contributed by atoms with Crippen molar-refractivity contribution in [2.45, 2.75) is 38.8 Å². The van der Waals surface area contributed by atoms with Gasteiger partial charge in [0.2, 0.25) is 0 Å². The van der Waals surface area contributed by atoms with E-state index in [4.69, 9.17) is 21.1 Å². The molecule has 3 aromatic carbocycles. The van der Waals surface area contributed by atoms with Crippen LogP contribution in [0.3, 0.4) is 0 Å². The molecule has 37 heavy (non-hydrogen) atoms. The maximum Gasteiger partial charge on any atom is 0.295 e. The lowest BCUT2D eigenvalue weighted by molar-refractivity contribution is -0.140. The number of carbonyl (C=O) groups is 2. The number of rotatable bonds is 6. The average molecular weight is 520 g/mol. The SMILES string of the molecule is COc1cc(/C(O)=C2/C(=O)C(=O)N(Cc3ccccc3OC)C2c2ccc(C(C)(C)C)cc2)ccc1Cl. The van der Waals surface area contributed by atoms with Gasteiger partial charge in [0, 0.05) is 11.1 Å². The minimum atomic E-state index is -0.805. The van der Waals surface area contributed by atoms with E-state index in [0.717, 1.165) is 11.1 Å². The van der Waals surface area contributed by atoms with Crippen molar-refractivity contribution in [1.29, 1.82) is 0 Å². The summed E-state index contributed by atoms with van der Waals surface area (Å²) in [4.78, 5) is 28.3. The van der Waals surface area contributed by atoms with Gasteiger partial charge in [-0.2, -0.15) is 0 Å². The summed E-state index contributed by atoms with van der Waals surface area (Å²) >= 11 is 6.17. The monoisotopic (exact) mass is 519 g/mol. The van der Waals surface area contributed by atoms with Crippen LogP contribution in [0.15, 0.2) is 72.3 Å². The molecule has 1 aliphatic rings. The standard InChI is InChI=1S/C30H30ClNO5/c1-30(2,3)21-13-10-18(11-14-21)26-25(27(33)19-12-15-22(31)24(16-19)37-5)28(34)29(35)32(26)17-20-8-6-7-9-23(20)36-4/h6-16,26,33H,17H2,1-5H3/b27-25-. The van der Waals surface area contributed by atoms with Gasteiger partial charge < -0.3 is 19.5 Å². The molecule has 0 aliphatic carbocycles. The number of ketones is 1. The van der Waals surface area contributed by atoms with E-state index in [0.29, 0.717) is 27.6 Å². The van der Waals surface area contributed by atoms with Gasteiger partial charge in [0.25, 0.3) is 11.7 Å². The van der Waals surface area contributed by atoms with Crippen LogP contribution in [-0.2, 0) is 21.5 Å². The third-order valence-corrected chi connectivity index (χ3v) is 6.90. The lowest BCUT2D eigenvalue weighted by Gasteiger charge is -2.27. The van der Waals surface area contributed by atoms with Gasteiger partial charge in [-0.3, -0.25) is 9.59 Å². The Morgan fingerprint density at radius 3 is 2.22 bits per heavy atom. The van der Waals surface area contributed by atoms with Crippen molar-refractivity contribution in [2.24, 2.45) is 0 Å². The Balaban J connectivity index is 1.89. The Morgan fingerprint density at radius 1 is 0.946 bits per heavy atom. The van der Waals surface area contributed by atoms with Crippen molar-refractivity contribution in [3.63, 3.8) is 0 Å². The van der Waals surface area contributed by atoms with E-state index in [1.807, 2.05) is 42.5 Å². The third-order valence-electron chi connectivity index (χ3n) is 6.59. The molecular weight excluding hydrogens is 490 g/mol. The number of nitrogens with zero attached hydrogens (tertiary/aromatic N) is 1. The van der Waals surface area contributed by atoms with E-state index in [-0.39, 0.29) is 23.3 Å². The molecular formula is C30H30ClNO5. The third kappa shape index (κ3) is 5.07. The summed E-state index contributed by atoms with van der Waals surface area (Å²) in [6.07, 6.45) is 0. The minimum absolute atomic E-state index is 0.00721. The highest BCUT2D eigenvalue weighted by molar-refractivity contribution is 6.46. The number of methoxy groups -OCH3 is 2. The van der Waals surface area contributed by atoms with Crippen molar-refractivity contribution >= 4 is 29.1 Å². The molecule has 7 heteroatoms. The highest BCUT2D eigenvalue weighted by Gasteiger charge is 2.46. The zero-order valence-electron chi connectivity index (χ0n) is 21.5. The first kappa shape index (κ1) is 26.3. The van der Waals surface area contributed by atoms with Crippen LogP contribution in [0.2, 0.25) is 5.02 Å². The molecule has 3 aromatic rings. The molecule has 1 fully saturated rings. The van der Waals surface area contributed by atoms with E-state index in [1.165, 1.54) is 12.0 Å². The highest BCUT2D eigenvalue weighted by atomic mass is 35.5. The average Bonchev–Trinajstić information content (AvgIpc) is 3.13. The van der Waals surface area contributed by atoms with Crippen molar-refractivity contribution in [3.8, 4) is 11.5 Å². The van der Waals surface area contributed by atoms with E-state index in [9.17, 15) is 14.7 Å². The van der Waals surface area contributed by atoms with Crippen molar-refractivity contribution in [3.05, 3.63) is 99.6 Å². The lowest BCUT2D eigenvalue weighted by Crippen LogP contribution is -2.29. The molecule has 0 aromatic heterocycles. The molecule has 1 aliphatic heterocycles. The summed E-state index contributed by atoms with van der Waals surface area (Å²) in [5.41, 5.74) is 2.83. The van der Waals surface area contributed by atoms with Crippen LogP contribution in [0, 0.1) is 0 Å². The zero-order chi connectivity index (χ0) is 26.9. The maximum atomic E-state index is 13.4. The number of ether oxygens (including phenoxy) is 2. The second-order valence-corrected chi connectivity index (χ2v) is 10.4. The van der Waals surface area contributed by atoms with Crippen LogP contribution >= 0.6 is 11.6 Å². The van der Waals surface area contributed by atoms with Gasteiger partial charge >= 0.3 is 0 Å². The molecule has 192 valence electrons. The number of hydrogen-bond donors (Lipinski definition) is 1. The molecule has 1 amide bonds. The molecule has 1 N–H and O–H groups in total. The summed E-state index contributed by atoms with van der Waals surface area (Å²) in [6.45, 7) is 6.47. The number of aliphatic hydroxyl groups excluding tert-OH is 1. The second kappa shape index (κ2) is 10.3. The lowest BCUT2D eigenvalue weighted by atomic mass is 9.85. The smallest absolute Gasteiger partial charge is 0.295 e. The Kier molecular flexibility index (Phi) is 7.32. The van der Waals surface area contributed by atoms with Crippen LogP contribution < -0.4 is 9.47 Å². The van der Waals surface area contributed by atoms with Gasteiger partial charge in [-0.1, -0.05) is 74.8 Å². The molecule has 0 radical (unpaired) electrons. The Morgan fingerprint density at radius 2 is 1.59 bits per heavy atom. The maximum absolute atomic E-state index is 13.4. The topological polar surface area (TPSA) is 76.1 Å². The number of carbonyl (C=O) groups excluding carboxylic acids is 2. The summed E-state index contributed by atoms with van der Waals surface area (Å²) in [5.74, 6) is -0.793. The molecule has 4 rings (SSSR count). The summed E-state index contributed by atoms with van der Waals surface area (Å²) in [5, 5.41) is 11.7. The molecule has 0 spiro atoms. The number of amides is 1. The van der Waals surface area contributed by atoms with Gasteiger partial charge in [-0.25, -0.2) is 0 Å². The van der Waals surface area contributed by atoms with Crippen LogP contribution in [0.25, 0.3) is 5.76 Å². The van der Waals surface area contributed by atoms with Crippen molar-refractivity contribution in [2.75, 3.05) is 14.2 Å². The fraction of sp³-hybridized carbons (Fsp3) is 0.267. The van der Waals surface area contributed by atoms with Gasteiger partial charge in [-0.05, 0) is 40.8 Å². The Hall–Kier alpha value is -3.77. The quantitative estimate of drug-likeness (QED) is 0.236. The summed E-state index contributed by atoms with van der Waals surface area (Å²) < 4.78 is 10.8. The predicted octanol–water partition coefficient (Wildman–Crippen LogP) is 6.28. The molecule has 1 unspecified atom stereocenters. The van der Waals surface area contributed by atoms with Crippen LogP contribution in [0.5, 0.6) is 11.5 Å². The van der Waals surface area contributed by atoms with Gasteiger partial charge in [0.05, 0.1) is 37.4 Å². The summed E-state index contributed by atoms with van der Waals surface area (Å²) in [7, 11) is 3.03. The van der Waals surface area contributed by atoms with Gasteiger partial charge in [-0.15, -0.1) is 0 Å². The number of aliphatic hydroxyl groups is 1. The van der Waals surface area contributed by atoms with Crippen LogP contribution in [0.4, 0.5) is 0 Å². The molecule has 1 heterocycles. The molecule has 1 atom stereocenters. The number of likely N-dealkylation sites (tertiary alicyclic amines) is 1. The van der Waals surface area contributed by atoms with Crippen LogP contribution in [-0.4, -0.2) is 35.9 Å².